The Morgan fingerprint density at radius 3 is 2.30 bits per heavy atom. The van der Waals surface area contributed by atoms with E-state index in [0.29, 0.717) is 4.31 Å². The number of nitrogens with zero attached hydrogens (tertiary/aromatic N) is 1. The number of para-hydroxylation sites is 2. The molecule has 0 bridgehead atoms. The molecule has 0 saturated carbocycles. The summed E-state index contributed by atoms with van der Waals surface area (Å²) in [5.41, 5.74) is -1.63. The van der Waals surface area contributed by atoms with Gasteiger partial charge in [-0.2, -0.15) is 26.3 Å². The standard InChI is InChI=1S/C18H17F5N2O4S/c1-2-25(30(27,28)15-10-6-5-9-14(15)29-17(19)20)11-16(26)24-13-8-4-3-7-12(13)18(21,22)23/h3-10,17H,2,11H2,1H3,(H,24,26). The Hall–Kier alpha value is -2.73. The molecule has 0 radical (unpaired) electrons. The Balaban J connectivity index is 2.27. The van der Waals surface area contributed by atoms with E-state index in [0.717, 1.165) is 30.3 Å². The molecule has 12 heteroatoms. The van der Waals surface area contributed by atoms with Crippen molar-refractivity contribution in [2.45, 2.75) is 24.6 Å². The van der Waals surface area contributed by atoms with Crippen molar-refractivity contribution in [2.75, 3.05) is 18.4 Å². The lowest BCUT2D eigenvalue weighted by Crippen LogP contribution is -2.38. The lowest BCUT2D eigenvalue weighted by molar-refractivity contribution is -0.137. The van der Waals surface area contributed by atoms with Crippen LogP contribution >= 0.6 is 0 Å². The van der Waals surface area contributed by atoms with Crippen molar-refractivity contribution in [1.82, 2.24) is 4.31 Å². The third-order valence-electron chi connectivity index (χ3n) is 3.86. The first-order valence-corrected chi connectivity index (χ1v) is 9.91. The van der Waals surface area contributed by atoms with E-state index >= 15 is 0 Å². The first-order chi connectivity index (χ1) is 14.0. The Bertz CT molecular complexity index is 996. The van der Waals surface area contributed by atoms with E-state index in [1.165, 1.54) is 25.1 Å². The van der Waals surface area contributed by atoms with Crippen LogP contribution in [-0.4, -0.2) is 38.3 Å². The summed E-state index contributed by atoms with van der Waals surface area (Å²) in [4.78, 5) is 11.7. The van der Waals surface area contributed by atoms with Crippen LogP contribution in [0.15, 0.2) is 53.4 Å². The highest BCUT2D eigenvalue weighted by atomic mass is 32.2. The van der Waals surface area contributed by atoms with Crippen molar-refractivity contribution < 1.29 is 39.9 Å². The molecular formula is C18H17F5N2O4S. The van der Waals surface area contributed by atoms with Gasteiger partial charge in [-0.3, -0.25) is 4.79 Å². The molecule has 2 rings (SSSR count). The van der Waals surface area contributed by atoms with Gasteiger partial charge in [0.05, 0.1) is 17.8 Å². The van der Waals surface area contributed by atoms with E-state index in [1.807, 2.05) is 5.32 Å². The second kappa shape index (κ2) is 9.39. The summed E-state index contributed by atoms with van der Waals surface area (Å²) in [7, 11) is -4.46. The number of likely N-dealkylation sites (N-methyl/N-ethyl adjacent to an activating group) is 1. The maximum absolute atomic E-state index is 13.1. The molecule has 2 aromatic rings. The number of nitrogens with one attached hydrogen (secondary N) is 1. The maximum atomic E-state index is 13.1. The number of rotatable bonds is 8. The van der Waals surface area contributed by atoms with E-state index < -0.39 is 57.2 Å². The molecule has 6 nitrogen and oxygen atoms in total. The first kappa shape index (κ1) is 23.5. The van der Waals surface area contributed by atoms with Crippen molar-refractivity contribution in [3.8, 4) is 5.75 Å². The lowest BCUT2D eigenvalue weighted by Gasteiger charge is -2.22. The summed E-state index contributed by atoms with van der Waals surface area (Å²) in [6.07, 6.45) is -4.73. The second-order valence-electron chi connectivity index (χ2n) is 5.85. The lowest BCUT2D eigenvalue weighted by atomic mass is 10.1. The summed E-state index contributed by atoms with van der Waals surface area (Å²) in [5, 5.41) is 2.04. The number of benzene rings is 2. The van der Waals surface area contributed by atoms with Gasteiger partial charge in [0.1, 0.15) is 10.6 Å². The number of carbonyl (C=O) groups excluding carboxylic acids is 1. The highest BCUT2D eigenvalue weighted by Gasteiger charge is 2.34. The molecule has 0 aliphatic rings. The highest BCUT2D eigenvalue weighted by molar-refractivity contribution is 7.89. The van der Waals surface area contributed by atoms with Crippen molar-refractivity contribution in [3.05, 3.63) is 54.1 Å². The summed E-state index contributed by atoms with van der Waals surface area (Å²) < 4.78 is 94.8. The minimum atomic E-state index is -4.73. The van der Waals surface area contributed by atoms with Crippen LogP contribution < -0.4 is 10.1 Å². The number of sulfonamides is 1. The van der Waals surface area contributed by atoms with Gasteiger partial charge in [-0.25, -0.2) is 8.42 Å². The van der Waals surface area contributed by atoms with Crippen LogP contribution in [0.2, 0.25) is 0 Å². The van der Waals surface area contributed by atoms with Gasteiger partial charge in [-0.05, 0) is 24.3 Å². The van der Waals surface area contributed by atoms with E-state index in [9.17, 15) is 35.2 Å². The number of anilines is 1. The van der Waals surface area contributed by atoms with Gasteiger partial charge in [0.2, 0.25) is 15.9 Å². The predicted octanol–water partition coefficient (Wildman–Crippen LogP) is 3.96. The minimum absolute atomic E-state index is 0.250. The van der Waals surface area contributed by atoms with Crippen LogP contribution in [0.3, 0.4) is 0 Å². The fourth-order valence-corrected chi connectivity index (χ4v) is 4.08. The van der Waals surface area contributed by atoms with Gasteiger partial charge in [0.15, 0.2) is 0 Å². The molecular weight excluding hydrogens is 435 g/mol. The Kier molecular flexibility index (Phi) is 7.37. The summed E-state index contributed by atoms with van der Waals surface area (Å²) in [5.74, 6) is -1.65. The molecule has 0 aliphatic heterocycles. The van der Waals surface area contributed by atoms with E-state index in [1.54, 1.807) is 0 Å². The van der Waals surface area contributed by atoms with Crippen LogP contribution in [-0.2, 0) is 21.0 Å². The molecule has 0 saturated heterocycles. The Morgan fingerprint density at radius 2 is 1.70 bits per heavy atom. The van der Waals surface area contributed by atoms with E-state index in [-0.39, 0.29) is 6.54 Å². The molecule has 0 heterocycles. The number of ether oxygens (including phenoxy) is 1. The van der Waals surface area contributed by atoms with Crippen LogP contribution in [0.1, 0.15) is 12.5 Å². The molecule has 0 unspecified atom stereocenters. The molecule has 0 aromatic heterocycles. The smallest absolute Gasteiger partial charge is 0.418 e. The van der Waals surface area contributed by atoms with Crippen molar-refractivity contribution in [1.29, 1.82) is 0 Å². The van der Waals surface area contributed by atoms with Gasteiger partial charge in [-0.15, -0.1) is 0 Å². The fraction of sp³-hybridized carbons (Fsp3) is 0.278. The quantitative estimate of drug-likeness (QED) is 0.616. The molecule has 30 heavy (non-hydrogen) atoms. The molecule has 164 valence electrons. The molecule has 1 amide bonds. The van der Waals surface area contributed by atoms with E-state index in [2.05, 4.69) is 4.74 Å². The van der Waals surface area contributed by atoms with Gasteiger partial charge in [-0.1, -0.05) is 31.2 Å². The van der Waals surface area contributed by atoms with Crippen LogP contribution in [0, 0.1) is 0 Å². The van der Waals surface area contributed by atoms with Crippen LogP contribution in [0.25, 0.3) is 0 Å². The number of alkyl halides is 5. The summed E-state index contributed by atoms with van der Waals surface area (Å²) in [6.45, 7) is -2.99. The Morgan fingerprint density at radius 1 is 1.10 bits per heavy atom. The average molecular weight is 452 g/mol. The molecule has 0 aliphatic carbocycles. The van der Waals surface area contributed by atoms with Crippen molar-refractivity contribution in [2.24, 2.45) is 0 Å². The predicted molar refractivity (Wildman–Crippen MR) is 97.6 cm³/mol. The molecule has 0 atom stereocenters. The monoisotopic (exact) mass is 452 g/mol. The normalized spacial score (nSPS) is 12.3. The average Bonchev–Trinajstić information content (AvgIpc) is 2.65. The highest BCUT2D eigenvalue weighted by Crippen LogP contribution is 2.34. The second-order valence-corrected chi connectivity index (χ2v) is 7.75. The topological polar surface area (TPSA) is 75.7 Å². The van der Waals surface area contributed by atoms with Gasteiger partial charge >= 0.3 is 12.8 Å². The first-order valence-electron chi connectivity index (χ1n) is 8.47. The molecule has 2 aromatic carbocycles. The van der Waals surface area contributed by atoms with Gasteiger partial charge < -0.3 is 10.1 Å². The number of amides is 1. The van der Waals surface area contributed by atoms with Crippen LogP contribution in [0.5, 0.6) is 5.75 Å². The zero-order valence-electron chi connectivity index (χ0n) is 15.5. The third kappa shape index (κ3) is 5.66. The zero-order chi connectivity index (χ0) is 22.5. The van der Waals surface area contributed by atoms with Crippen LogP contribution in [0.4, 0.5) is 27.6 Å². The van der Waals surface area contributed by atoms with E-state index in [4.69, 9.17) is 0 Å². The number of hydrogen-bond acceptors (Lipinski definition) is 4. The molecule has 0 fully saturated rings. The Labute approximate surface area is 169 Å². The molecule has 1 N–H and O–H groups in total. The molecule has 0 spiro atoms. The largest absolute Gasteiger partial charge is 0.433 e. The van der Waals surface area contributed by atoms with Gasteiger partial charge in [0, 0.05) is 6.54 Å². The number of hydrogen-bond donors (Lipinski definition) is 1. The number of carbonyl (C=O) groups is 1. The van der Waals surface area contributed by atoms with Crippen molar-refractivity contribution >= 4 is 21.6 Å². The third-order valence-corrected chi connectivity index (χ3v) is 5.82. The minimum Gasteiger partial charge on any atom is -0.433 e. The maximum Gasteiger partial charge on any atom is 0.418 e. The fourth-order valence-electron chi connectivity index (χ4n) is 2.55. The summed E-state index contributed by atoms with van der Waals surface area (Å²) in [6, 6.07) is 8.81. The van der Waals surface area contributed by atoms with Gasteiger partial charge in [0.25, 0.3) is 0 Å². The number of halogens is 5. The SMILES string of the molecule is CCN(CC(=O)Nc1ccccc1C(F)(F)F)S(=O)(=O)c1ccccc1OC(F)F. The summed E-state index contributed by atoms with van der Waals surface area (Å²) >= 11 is 0. The van der Waals surface area contributed by atoms with Crippen molar-refractivity contribution in [3.63, 3.8) is 0 Å². The zero-order valence-corrected chi connectivity index (χ0v) is 16.3.